The number of amides is 1. The number of aromatic nitrogens is 3. The standard InChI is InChI=1S/C16H21N5OS.ClH/c1-21-10-18-20-16(21)23-13-7-5-12(6-8-13)19-15(22)14-4-2-3-11(14)9-17;/h5-8,10-11,14H,2-4,9,17H2,1H3,(H,19,22);1H/t11-,14-;/m1./s1. The first-order valence-electron chi connectivity index (χ1n) is 7.80. The molecule has 1 aliphatic carbocycles. The highest BCUT2D eigenvalue weighted by Crippen LogP contribution is 2.32. The molecular formula is C16H22ClN5OS. The van der Waals surface area contributed by atoms with E-state index >= 15 is 0 Å². The van der Waals surface area contributed by atoms with E-state index in [1.165, 1.54) is 11.8 Å². The Morgan fingerprint density at radius 3 is 2.75 bits per heavy atom. The van der Waals surface area contributed by atoms with Crippen molar-refractivity contribution in [3.63, 3.8) is 0 Å². The Balaban J connectivity index is 0.00000208. The number of hydrogen-bond donors (Lipinski definition) is 2. The highest BCUT2D eigenvalue weighted by atomic mass is 35.5. The zero-order valence-electron chi connectivity index (χ0n) is 13.5. The molecule has 1 amide bonds. The predicted molar refractivity (Wildman–Crippen MR) is 97.3 cm³/mol. The summed E-state index contributed by atoms with van der Waals surface area (Å²) in [5.74, 6) is 0.458. The molecule has 3 rings (SSSR count). The molecule has 1 fully saturated rings. The Hall–Kier alpha value is -1.57. The summed E-state index contributed by atoms with van der Waals surface area (Å²) < 4.78 is 1.87. The van der Waals surface area contributed by atoms with E-state index in [1.807, 2.05) is 35.9 Å². The number of nitrogens with one attached hydrogen (secondary N) is 1. The van der Waals surface area contributed by atoms with Crippen LogP contribution in [-0.2, 0) is 11.8 Å². The number of nitrogens with zero attached hydrogens (tertiary/aromatic N) is 3. The summed E-state index contributed by atoms with van der Waals surface area (Å²) in [7, 11) is 1.91. The van der Waals surface area contributed by atoms with E-state index in [9.17, 15) is 4.79 Å². The van der Waals surface area contributed by atoms with Crippen molar-refractivity contribution in [2.45, 2.75) is 29.3 Å². The average molecular weight is 368 g/mol. The van der Waals surface area contributed by atoms with Gasteiger partial charge in [-0.3, -0.25) is 4.79 Å². The number of carbonyl (C=O) groups is 1. The average Bonchev–Trinajstić information content (AvgIpc) is 3.18. The smallest absolute Gasteiger partial charge is 0.227 e. The van der Waals surface area contributed by atoms with Gasteiger partial charge in [-0.05, 0) is 61.3 Å². The molecule has 0 saturated heterocycles. The number of rotatable bonds is 5. The highest BCUT2D eigenvalue weighted by molar-refractivity contribution is 7.99. The zero-order chi connectivity index (χ0) is 16.2. The van der Waals surface area contributed by atoms with Crippen molar-refractivity contribution >= 4 is 35.8 Å². The predicted octanol–water partition coefficient (Wildman–Crippen LogP) is 2.70. The highest BCUT2D eigenvalue weighted by Gasteiger charge is 2.31. The van der Waals surface area contributed by atoms with Crippen LogP contribution < -0.4 is 11.1 Å². The molecule has 6 nitrogen and oxygen atoms in total. The van der Waals surface area contributed by atoms with Gasteiger partial charge in [-0.25, -0.2) is 0 Å². The molecule has 8 heteroatoms. The molecule has 1 heterocycles. The number of halogens is 1. The topological polar surface area (TPSA) is 85.8 Å². The summed E-state index contributed by atoms with van der Waals surface area (Å²) in [6, 6.07) is 7.79. The number of nitrogens with two attached hydrogens (primary N) is 1. The van der Waals surface area contributed by atoms with Crippen molar-refractivity contribution in [2.24, 2.45) is 24.6 Å². The summed E-state index contributed by atoms with van der Waals surface area (Å²) >= 11 is 1.54. The number of hydrogen-bond acceptors (Lipinski definition) is 5. The minimum atomic E-state index is 0. The van der Waals surface area contributed by atoms with Gasteiger partial charge < -0.3 is 15.6 Å². The lowest BCUT2D eigenvalue weighted by Crippen LogP contribution is -2.29. The maximum Gasteiger partial charge on any atom is 0.227 e. The van der Waals surface area contributed by atoms with E-state index in [4.69, 9.17) is 5.73 Å². The molecule has 1 aliphatic rings. The summed E-state index contributed by atoms with van der Waals surface area (Å²) in [6.07, 6.45) is 4.76. The van der Waals surface area contributed by atoms with Crippen molar-refractivity contribution in [2.75, 3.05) is 11.9 Å². The van der Waals surface area contributed by atoms with Gasteiger partial charge in [0.1, 0.15) is 6.33 Å². The second kappa shape index (κ2) is 8.50. The third kappa shape index (κ3) is 4.28. The molecule has 0 spiro atoms. The van der Waals surface area contributed by atoms with Gasteiger partial charge >= 0.3 is 0 Å². The van der Waals surface area contributed by atoms with Crippen LogP contribution in [0.5, 0.6) is 0 Å². The largest absolute Gasteiger partial charge is 0.330 e. The van der Waals surface area contributed by atoms with Crippen molar-refractivity contribution < 1.29 is 4.79 Å². The summed E-state index contributed by atoms with van der Waals surface area (Å²) in [6.45, 7) is 0.589. The summed E-state index contributed by atoms with van der Waals surface area (Å²) in [5, 5.41) is 11.7. The molecule has 3 N–H and O–H groups in total. The Kier molecular flexibility index (Phi) is 6.65. The van der Waals surface area contributed by atoms with Gasteiger partial charge in [0.05, 0.1) is 0 Å². The fourth-order valence-electron chi connectivity index (χ4n) is 2.98. The fraction of sp³-hybridized carbons (Fsp3) is 0.438. The van der Waals surface area contributed by atoms with Gasteiger partial charge in [-0.15, -0.1) is 22.6 Å². The second-order valence-electron chi connectivity index (χ2n) is 5.87. The van der Waals surface area contributed by atoms with Crippen LogP contribution in [-0.4, -0.2) is 27.2 Å². The minimum Gasteiger partial charge on any atom is -0.330 e. The molecule has 1 aromatic heterocycles. The first-order chi connectivity index (χ1) is 11.2. The molecule has 0 unspecified atom stereocenters. The summed E-state index contributed by atoms with van der Waals surface area (Å²) in [4.78, 5) is 13.4. The number of carbonyl (C=O) groups excluding carboxylic acids is 1. The number of aryl methyl sites for hydroxylation is 1. The van der Waals surface area contributed by atoms with Crippen LogP contribution in [0, 0.1) is 11.8 Å². The van der Waals surface area contributed by atoms with Crippen molar-refractivity contribution in [3.05, 3.63) is 30.6 Å². The van der Waals surface area contributed by atoms with E-state index in [2.05, 4.69) is 15.5 Å². The first kappa shape index (κ1) is 18.8. The Labute approximate surface area is 152 Å². The minimum absolute atomic E-state index is 0. The summed E-state index contributed by atoms with van der Waals surface area (Å²) in [5.41, 5.74) is 6.58. The molecule has 24 heavy (non-hydrogen) atoms. The first-order valence-corrected chi connectivity index (χ1v) is 8.62. The lowest BCUT2D eigenvalue weighted by Gasteiger charge is -2.17. The van der Waals surface area contributed by atoms with E-state index < -0.39 is 0 Å². The van der Waals surface area contributed by atoms with E-state index in [1.54, 1.807) is 6.33 Å². The van der Waals surface area contributed by atoms with Crippen molar-refractivity contribution in [3.8, 4) is 0 Å². The molecule has 0 aliphatic heterocycles. The van der Waals surface area contributed by atoms with E-state index in [-0.39, 0.29) is 24.2 Å². The van der Waals surface area contributed by atoms with Crippen LogP contribution in [0.3, 0.4) is 0 Å². The van der Waals surface area contributed by atoms with Gasteiger partial charge in [0.15, 0.2) is 5.16 Å². The van der Waals surface area contributed by atoms with Crippen LogP contribution in [0.4, 0.5) is 5.69 Å². The maximum atomic E-state index is 12.4. The molecule has 1 aromatic carbocycles. The second-order valence-corrected chi connectivity index (χ2v) is 6.91. The van der Waals surface area contributed by atoms with Crippen LogP contribution >= 0.6 is 24.2 Å². The SMILES string of the molecule is Cl.Cn1cnnc1Sc1ccc(NC(=O)[C@@H]2CCC[C@@H]2CN)cc1. The van der Waals surface area contributed by atoms with Crippen LogP contribution in [0.25, 0.3) is 0 Å². The zero-order valence-corrected chi connectivity index (χ0v) is 15.1. The quantitative estimate of drug-likeness (QED) is 0.848. The Bertz CT molecular complexity index is 675. The fourth-order valence-corrected chi connectivity index (χ4v) is 3.74. The Morgan fingerprint density at radius 2 is 2.12 bits per heavy atom. The molecule has 0 radical (unpaired) electrons. The van der Waals surface area contributed by atoms with Crippen molar-refractivity contribution in [1.82, 2.24) is 14.8 Å². The molecular weight excluding hydrogens is 346 g/mol. The van der Waals surface area contributed by atoms with E-state index in [0.29, 0.717) is 12.5 Å². The van der Waals surface area contributed by atoms with Crippen LogP contribution in [0.1, 0.15) is 19.3 Å². The van der Waals surface area contributed by atoms with Gasteiger partial charge in [0.2, 0.25) is 5.91 Å². The van der Waals surface area contributed by atoms with Crippen molar-refractivity contribution in [1.29, 1.82) is 0 Å². The molecule has 0 bridgehead atoms. The number of benzene rings is 1. The lowest BCUT2D eigenvalue weighted by molar-refractivity contribution is -0.120. The Morgan fingerprint density at radius 1 is 1.38 bits per heavy atom. The lowest BCUT2D eigenvalue weighted by atomic mass is 9.95. The monoisotopic (exact) mass is 367 g/mol. The molecule has 2 aromatic rings. The molecule has 2 atom stereocenters. The maximum absolute atomic E-state index is 12.4. The van der Waals surface area contributed by atoms with Crippen LogP contribution in [0.15, 0.2) is 40.6 Å². The van der Waals surface area contributed by atoms with Gasteiger partial charge in [-0.2, -0.15) is 0 Å². The third-order valence-electron chi connectivity index (χ3n) is 4.30. The van der Waals surface area contributed by atoms with Gasteiger partial charge in [0.25, 0.3) is 0 Å². The van der Waals surface area contributed by atoms with Gasteiger partial charge in [-0.1, -0.05) is 6.42 Å². The number of anilines is 1. The molecule has 130 valence electrons. The van der Waals surface area contributed by atoms with E-state index in [0.717, 1.165) is 35.0 Å². The van der Waals surface area contributed by atoms with Gasteiger partial charge in [0, 0.05) is 23.5 Å². The normalized spacial score (nSPS) is 19.8. The molecule has 1 saturated carbocycles. The third-order valence-corrected chi connectivity index (χ3v) is 5.36. The van der Waals surface area contributed by atoms with Crippen LogP contribution in [0.2, 0.25) is 0 Å².